The molecular formula is C14H19NOS. The number of carbonyl (C=O) groups is 1. The zero-order valence-electron chi connectivity index (χ0n) is 10.1. The molecule has 0 aromatic heterocycles. The van der Waals surface area contributed by atoms with Gasteiger partial charge in [0.2, 0.25) is 0 Å². The molecule has 0 radical (unpaired) electrons. The predicted octanol–water partition coefficient (Wildman–Crippen LogP) is 3.14. The van der Waals surface area contributed by atoms with Crippen molar-refractivity contribution in [2.24, 2.45) is 11.8 Å². The van der Waals surface area contributed by atoms with Crippen LogP contribution >= 0.6 is 12.6 Å². The number of hydrogen-bond acceptors (Lipinski definition) is 2. The number of nitrogens with one attached hydrogen (secondary N) is 1. The lowest BCUT2D eigenvalue weighted by atomic mass is 9.98. The summed E-state index contributed by atoms with van der Waals surface area (Å²) in [5.41, 5.74) is 0.668. The standard InChI is InChI=1S/C14H19NOS/c1-10-5-4-6-11(10)9-15-14(16)12-7-2-3-8-13(12)17/h2-3,7-8,10-11,17H,4-6,9H2,1H3,(H,15,16). The zero-order chi connectivity index (χ0) is 12.3. The second-order valence-electron chi connectivity index (χ2n) is 4.90. The average molecular weight is 249 g/mol. The van der Waals surface area contributed by atoms with Crippen LogP contribution in [0.4, 0.5) is 0 Å². The smallest absolute Gasteiger partial charge is 0.252 e. The highest BCUT2D eigenvalue weighted by Crippen LogP contribution is 2.30. The number of thiol groups is 1. The van der Waals surface area contributed by atoms with Gasteiger partial charge in [0, 0.05) is 11.4 Å². The Morgan fingerprint density at radius 2 is 2.18 bits per heavy atom. The lowest BCUT2D eigenvalue weighted by molar-refractivity contribution is 0.0942. The summed E-state index contributed by atoms with van der Waals surface area (Å²) >= 11 is 4.30. The van der Waals surface area contributed by atoms with Crippen molar-refractivity contribution in [3.63, 3.8) is 0 Å². The molecule has 2 nitrogen and oxygen atoms in total. The van der Waals surface area contributed by atoms with Crippen molar-refractivity contribution >= 4 is 18.5 Å². The summed E-state index contributed by atoms with van der Waals surface area (Å²) in [6.45, 7) is 3.07. The Hall–Kier alpha value is -0.960. The van der Waals surface area contributed by atoms with E-state index in [4.69, 9.17) is 0 Å². The molecule has 17 heavy (non-hydrogen) atoms. The van der Waals surface area contributed by atoms with Crippen LogP contribution < -0.4 is 5.32 Å². The van der Waals surface area contributed by atoms with E-state index in [0.29, 0.717) is 11.5 Å². The predicted molar refractivity (Wildman–Crippen MR) is 72.5 cm³/mol. The van der Waals surface area contributed by atoms with Crippen LogP contribution in [-0.4, -0.2) is 12.5 Å². The van der Waals surface area contributed by atoms with E-state index in [2.05, 4.69) is 24.9 Å². The van der Waals surface area contributed by atoms with Crippen LogP contribution in [0.3, 0.4) is 0 Å². The van der Waals surface area contributed by atoms with Gasteiger partial charge in [-0.15, -0.1) is 12.6 Å². The molecule has 0 aliphatic heterocycles. The largest absolute Gasteiger partial charge is 0.352 e. The second-order valence-corrected chi connectivity index (χ2v) is 5.38. The van der Waals surface area contributed by atoms with Crippen LogP contribution in [0.2, 0.25) is 0 Å². The number of benzene rings is 1. The number of hydrogen-bond donors (Lipinski definition) is 2. The summed E-state index contributed by atoms with van der Waals surface area (Å²) < 4.78 is 0. The molecule has 1 aromatic carbocycles. The summed E-state index contributed by atoms with van der Waals surface area (Å²) in [5.74, 6) is 1.38. The van der Waals surface area contributed by atoms with Crippen LogP contribution in [0.25, 0.3) is 0 Å². The van der Waals surface area contributed by atoms with E-state index < -0.39 is 0 Å². The van der Waals surface area contributed by atoms with E-state index in [1.165, 1.54) is 19.3 Å². The zero-order valence-corrected chi connectivity index (χ0v) is 11.0. The van der Waals surface area contributed by atoms with Gasteiger partial charge in [-0.2, -0.15) is 0 Å². The van der Waals surface area contributed by atoms with Crippen molar-refractivity contribution in [2.45, 2.75) is 31.1 Å². The maximum atomic E-state index is 12.0. The molecule has 92 valence electrons. The fourth-order valence-electron chi connectivity index (χ4n) is 2.51. The van der Waals surface area contributed by atoms with Gasteiger partial charge < -0.3 is 5.32 Å². The molecule has 0 saturated heterocycles. The summed E-state index contributed by atoms with van der Waals surface area (Å²) in [5, 5.41) is 3.02. The van der Waals surface area contributed by atoms with E-state index in [-0.39, 0.29) is 5.91 Å². The van der Waals surface area contributed by atoms with Crippen molar-refractivity contribution in [3.05, 3.63) is 29.8 Å². The van der Waals surface area contributed by atoms with Gasteiger partial charge in [0.15, 0.2) is 0 Å². The summed E-state index contributed by atoms with van der Waals surface area (Å²) in [6.07, 6.45) is 3.83. The fraction of sp³-hybridized carbons (Fsp3) is 0.500. The van der Waals surface area contributed by atoms with Crippen molar-refractivity contribution in [1.82, 2.24) is 5.32 Å². The third kappa shape index (κ3) is 3.03. The van der Waals surface area contributed by atoms with E-state index in [1.54, 1.807) is 0 Å². The Morgan fingerprint density at radius 1 is 1.41 bits per heavy atom. The van der Waals surface area contributed by atoms with Gasteiger partial charge in [-0.1, -0.05) is 31.9 Å². The minimum Gasteiger partial charge on any atom is -0.352 e. The van der Waals surface area contributed by atoms with Crippen LogP contribution in [0.1, 0.15) is 36.5 Å². The molecular weight excluding hydrogens is 230 g/mol. The van der Waals surface area contributed by atoms with E-state index in [9.17, 15) is 4.79 Å². The molecule has 1 aliphatic carbocycles. The van der Waals surface area contributed by atoms with Crippen LogP contribution in [-0.2, 0) is 0 Å². The lowest BCUT2D eigenvalue weighted by Gasteiger charge is -2.16. The third-order valence-corrected chi connectivity index (χ3v) is 4.10. The first kappa shape index (κ1) is 12.5. The molecule has 0 heterocycles. The second kappa shape index (κ2) is 5.58. The minimum absolute atomic E-state index is 0.00491. The topological polar surface area (TPSA) is 29.1 Å². The molecule has 0 bridgehead atoms. The Labute approximate surface area is 108 Å². The highest BCUT2D eigenvalue weighted by molar-refractivity contribution is 7.80. The van der Waals surface area contributed by atoms with Gasteiger partial charge in [0.25, 0.3) is 5.91 Å². The average Bonchev–Trinajstić information content (AvgIpc) is 2.72. The lowest BCUT2D eigenvalue weighted by Crippen LogP contribution is -2.30. The highest BCUT2D eigenvalue weighted by atomic mass is 32.1. The molecule has 2 unspecified atom stereocenters. The Bertz CT molecular complexity index is 405. The molecule has 1 N–H and O–H groups in total. The maximum Gasteiger partial charge on any atom is 0.252 e. The van der Waals surface area contributed by atoms with Gasteiger partial charge in [-0.25, -0.2) is 0 Å². The number of amides is 1. The molecule has 1 fully saturated rings. The minimum atomic E-state index is -0.00491. The van der Waals surface area contributed by atoms with Gasteiger partial charge in [-0.3, -0.25) is 4.79 Å². The van der Waals surface area contributed by atoms with Gasteiger partial charge in [0.1, 0.15) is 0 Å². The first-order valence-corrected chi connectivity index (χ1v) is 6.69. The first-order chi connectivity index (χ1) is 8.18. The molecule has 1 aromatic rings. The van der Waals surface area contributed by atoms with Crippen molar-refractivity contribution < 1.29 is 4.79 Å². The SMILES string of the molecule is CC1CCCC1CNC(=O)c1ccccc1S. The number of rotatable bonds is 3. The van der Waals surface area contributed by atoms with Crippen LogP contribution in [0.15, 0.2) is 29.2 Å². The van der Waals surface area contributed by atoms with Crippen molar-refractivity contribution in [2.75, 3.05) is 6.54 Å². The Morgan fingerprint density at radius 3 is 2.82 bits per heavy atom. The quantitative estimate of drug-likeness (QED) is 0.792. The monoisotopic (exact) mass is 249 g/mol. The fourth-order valence-corrected chi connectivity index (χ4v) is 2.77. The molecule has 0 spiro atoms. The third-order valence-electron chi connectivity index (χ3n) is 3.71. The molecule has 2 atom stereocenters. The maximum absolute atomic E-state index is 12.0. The first-order valence-electron chi connectivity index (χ1n) is 6.24. The Balaban J connectivity index is 1.91. The van der Waals surface area contributed by atoms with E-state index in [1.807, 2.05) is 24.3 Å². The highest BCUT2D eigenvalue weighted by Gasteiger charge is 2.23. The van der Waals surface area contributed by atoms with Crippen molar-refractivity contribution in [3.8, 4) is 0 Å². The van der Waals surface area contributed by atoms with Gasteiger partial charge in [0.05, 0.1) is 5.56 Å². The summed E-state index contributed by atoms with van der Waals surface area (Å²) in [4.78, 5) is 12.7. The van der Waals surface area contributed by atoms with E-state index >= 15 is 0 Å². The van der Waals surface area contributed by atoms with Gasteiger partial charge in [-0.05, 0) is 30.4 Å². The molecule has 1 aliphatic rings. The number of carbonyl (C=O) groups excluding carboxylic acids is 1. The summed E-state index contributed by atoms with van der Waals surface area (Å²) in [7, 11) is 0. The molecule has 3 heteroatoms. The molecule has 2 rings (SSSR count). The van der Waals surface area contributed by atoms with E-state index in [0.717, 1.165) is 17.4 Å². The van der Waals surface area contributed by atoms with Crippen LogP contribution in [0, 0.1) is 11.8 Å². The van der Waals surface area contributed by atoms with Gasteiger partial charge >= 0.3 is 0 Å². The molecule has 1 saturated carbocycles. The summed E-state index contributed by atoms with van der Waals surface area (Å²) in [6, 6.07) is 7.41. The van der Waals surface area contributed by atoms with Crippen molar-refractivity contribution in [1.29, 1.82) is 0 Å². The Kier molecular flexibility index (Phi) is 4.11. The normalized spacial score (nSPS) is 23.6. The van der Waals surface area contributed by atoms with Crippen LogP contribution in [0.5, 0.6) is 0 Å². The molecule has 1 amide bonds.